The van der Waals surface area contributed by atoms with E-state index in [1.807, 2.05) is 18.2 Å². The van der Waals surface area contributed by atoms with E-state index < -0.39 is 10.0 Å². The zero-order valence-electron chi connectivity index (χ0n) is 18.9. The van der Waals surface area contributed by atoms with E-state index in [4.69, 9.17) is 9.47 Å². The Balaban J connectivity index is 1.46. The van der Waals surface area contributed by atoms with Gasteiger partial charge in [0.25, 0.3) is 10.0 Å². The van der Waals surface area contributed by atoms with Gasteiger partial charge in [-0.25, -0.2) is 8.42 Å². The number of phenolic OH excluding ortho intramolecular Hbond substituents is 1. The predicted molar refractivity (Wildman–Crippen MR) is 131 cm³/mol. The zero-order valence-corrected chi connectivity index (χ0v) is 19.7. The normalized spacial score (nSPS) is 20.7. The summed E-state index contributed by atoms with van der Waals surface area (Å²) in [5.41, 5.74) is 3.33. The fourth-order valence-electron chi connectivity index (χ4n) is 4.83. The molecule has 8 heteroatoms. The standard InChI is InChI=1S/C26H26N2O5S/c1-32-18-9-7-17(8-10-18)28-34(30,31)19-11-12-23-22(15-19)20-4-3-5-21(20)26(27-23)16-6-13-24(29)25(14-16)33-2/h3-4,6-15,20-21,26-29H,5H2,1-2H3. The molecule has 0 radical (unpaired) electrons. The quantitative estimate of drug-likeness (QED) is 0.430. The lowest BCUT2D eigenvalue weighted by molar-refractivity contribution is 0.370. The maximum atomic E-state index is 13.1. The largest absolute Gasteiger partial charge is 0.504 e. The molecule has 2 aliphatic rings. The van der Waals surface area contributed by atoms with Gasteiger partial charge >= 0.3 is 0 Å². The zero-order chi connectivity index (χ0) is 23.9. The van der Waals surface area contributed by atoms with Crippen molar-refractivity contribution in [2.75, 3.05) is 24.3 Å². The minimum absolute atomic E-state index is 0.00174. The summed E-state index contributed by atoms with van der Waals surface area (Å²) in [5.74, 6) is 1.48. The number of ether oxygens (including phenoxy) is 2. The fraction of sp³-hybridized carbons (Fsp3) is 0.231. The number of anilines is 2. The summed E-state index contributed by atoms with van der Waals surface area (Å²) in [4.78, 5) is 0.215. The molecule has 3 N–H and O–H groups in total. The summed E-state index contributed by atoms with van der Waals surface area (Å²) in [7, 11) is -0.666. The first-order valence-corrected chi connectivity index (χ1v) is 12.5. The van der Waals surface area contributed by atoms with Gasteiger partial charge in [-0.05, 0) is 78.1 Å². The summed E-state index contributed by atoms with van der Waals surface area (Å²) in [6.07, 6.45) is 5.17. The number of rotatable bonds is 6. The number of nitrogens with one attached hydrogen (secondary N) is 2. The van der Waals surface area contributed by atoms with Gasteiger partial charge < -0.3 is 19.9 Å². The lowest BCUT2D eigenvalue weighted by atomic mass is 9.77. The molecule has 3 aromatic carbocycles. The highest BCUT2D eigenvalue weighted by Gasteiger charge is 2.38. The highest BCUT2D eigenvalue weighted by Crippen LogP contribution is 2.50. The van der Waals surface area contributed by atoms with Crippen molar-refractivity contribution in [3.05, 3.63) is 83.9 Å². The Hall–Kier alpha value is -3.65. The van der Waals surface area contributed by atoms with Crippen molar-refractivity contribution < 1.29 is 23.0 Å². The van der Waals surface area contributed by atoms with Crippen molar-refractivity contribution >= 4 is 21.4 Å². The molecule has 3 unspecified atom stereocenters. The molecule has 0 aromatic heterocycles. The van der Waals surface area contributed by atoms with E-state index in [0.29, 0.717) is 17.2 Å². The van der Waals surface area contributed by atoms with Crippen molar-refractivity contribution in [1.29, 1.82) is 0 Å². The number of allylic oxidation sites excluding steroid dienone is 2. The van der Waals surface area contributed by atoms with E-state index in [-0.39, 0.29) is 28.5 Å². The maximum Gasteiger partial charge on any atom is 0.261 e. The topological polar surface area (TPSA) is 96.9 Å². The molecule has 0 saturated carbocycles. The highest BCUT2D eigenvalue weighted by molar-refractivity contribution is 7.92. The fourth-order valence-corrected chi connectivity index (χ4v) is 5.92. The molecule has 0 spiro atoms. The van der Waals surface area contributed by atoms with E-state index in [9.17, 15) is 13.5 Å². The van der Waals surface area contributed by atoms with E-state index >= 15 is 0 Å². The van der Waals surface area contributed by atoms with E-state index in [0.717, 1.165) is 23.2 Å². The van der Waals surface area contributed by atoms with Crippen LogP contribution >= 0.6 is 0 Å². The third-order valence-electron chi connectivity index (χ3n) is 6.55. The van der Waals surface area contributed by atoms with Gasteiger partial charge in [0.15, 0.2) is 11.5 Å². The average molecular weight is 479 g/mol. The van der Waals surface area contributed by atoms with Gasteiger partial charge in [-0.3, -0.25) is 4.72 Å². The molecule has 3 atom stereocenters. The monoisotopic (exact) mass is 478 g/mol. The van der Waals surface area contributed by atoms with Gasteiger partial charge in [0.05, 0.1) is 25.2 Å². The lowest BCUT2D eigenvalue weighted by Crippen LogP contribution is -2.29. The smallest absolute Gasteiger partial charge is 0.261 e. The third-order valence-corrected chi connectivity index (χ3v) is 7.93. The molecule has 176 valence electrons. The van der Waals surface area contributed by atoms with Gasteiger partial charge in [0.1, 0.15) is 5.75 Å². The van der Waals surface area contributed by atoms with Crippen LogP contribution in [0.1, 0.15) is 29.5 Å². The Morgan fingerprint density at radius 2 is 1.79 bits per heavy atom. The molecule has 5 rings (SSSR count). The first-order chi connectivity index (χ1) is 16.4. The van der Waals surface area contributed by atoms with E-state index in [2.05, 4.69) is 22.2 Å². The number of hydrogen-bond donors (Lipinski definition) is 3. The second-order valence-corrected chi connectivity index (χ2v) is 10.2. The lowest BCUT2D eigenvalue weighted by Gasteiger charge is -2.37. The van der Waals surface area contributed by atoms with Crippen LogP contribution in [0.25, 0.3) is 0 Å². The summed E-state index contributed by atoms with van der Waals surface area (Å²) in [6.45, 7) is 0. The molecule has 1 aliphatic heterocycles. The third kappa shape index (κ3) is 3.94. The van der Waals surface area contributed by atoms with Gasteiger partial charge in [-0.1, -0.05) is 18.2 Å². The molecule has 1 heterocycles. The molecule has 3 aromatic rings. The van der Waals surface area contributed by atoms with Gasteiger partial charge in [0.2, 0.25) is 0 Å². The van der Waals surface area contributed by atoms with Crippen LogP contribution in [0, 0.1) is 5.92 Å². The predicted octanol–water partition coefficient (Wildman–Crippen LogP) is 5.04. The average Bonchev–Trinajstić information content (AvgIpc) is 3.34. The number of aromatic hydroxyl groups is 1. The second-order valence-electron chi connectivity index (χ2n) is 8.49. The highest BCUT2D eigenvalue weighted by atomic mass is 32.2. The molecule has 0 amide bonds. The first-order valence-electron chi connectivity index (χ1n) is 11.0. The van der Waals surface area contributed by atoms with Crippen molar-refractivity contribution in [2.45, 2.75) is 23.3 Å². The van der Waals surface area contributed by atoms with Gasteiger partial charge in [0, 0.05) is 17.3 Å². The summed E-state index contributed by atoms with van der Waals surface area (Å²) in [5, 5.41) is 13.6. The molecule has 7 nitrogen and oxygen atoms in total. The Bertz CT molecular complexity index is 1350. The van der Waals surface area contributed by atoms with Gasteiger partial charge in [-0.2, -0.15) is 0 Å². The number of hydrogen-bond acceptors (Lipinski definition) is 6. The van der Waals surface area contributed by atoms with Crippen molar-refractivity contribution in [3.8, 4) is 17.2 Å². The van der Waals surface area contributed by atoms with Crippen LogP contribution in [-0.4, -0.2) is 27.7 Å². The molecule has 1 aliphatic carbocycles. The number of fused-ring (bicyclic) bond motifs is 3. The molecule has 0 fully saturated rings. The first kappa shape index (κ1) is 22.2. The van der Waals surface area contributed by atoms with Crippen LogP contribution in [0.15, 0.2) is 77.7 Å². The summed E-state index contributed by atoms with van der Waals surface area (Å²) in [6, 6.07) is 17.3. The van der Waals surface area contributed by atoms with Crippen LogP contribution in [0.5, 0.6) is 17.2 Å². The van der Waals surface area contributed by atoms with Crippen molar-refractivity contribution in [1.82, 2.24) is 0 Å². The molecule has 0 bridgehead atoms. The van der Waals surface area contributed by atoms with Crippen LogP contribution in [0.4, 0.5) is 11.4 Å². The summed E-state index contributed by atoms with van der Waals surface area (Å²) < 4.78 is 39.3. The van der Waals surface area contributed by atoms with E-state index in [1.165, 1.54) is 7.11 Å². The summed E-state index contributed by atoms with van der Waals surface area (Å²) >= 11 is 0. The van der Waals surface area contributed by atoms with E-state index in [1.54, 1.807) is 49.6 Å². The van der Waals surface area contributed by atoms with Crippen molar-refractivity contribution in [2.24, 2.45) is 5.92 Å². The minimum atomic E-state index is -3.76. The Morgan fingerprint density at radius 3 is 2.53 bits per heavy atom. The molecular weight excluding hydrogens is 452 g/mol. The van der Waals surface area contributed by atoms with Crippen molar-refractivity contribution in [3.63, 3.8) is 0 Å². The number of sulfonamides is 1. The molecule has 0 saturated heterocycles. The minimum Gasteiger partial charge on any atom is -0.504 e. The van der Waals surface area contributed by atoms with Crippen LogP contribution in [0.2, 0.25) is 0 Å². The van der Waals surface area contributed by atoms with Crippen LogP contribution in [-0.2, 0) is 10.0 Å². The number of methoxy groups -OCH3 is 2. The van der Waals surface area contributed by atoms with Crippen LogP contribution < -0.4 is 19.5 Å². The molecular formula is C26H26N2O5S. The van der Waals surface area contributed by atoms with Gasteiger partial charge in [-0.15, -0.1) is 0 Å². The SMILES string of the molecule is COc1ccc(NS(=O)(=O)c2ccc3c(c2)C2C=CCC2C(c2ccc(O)c(OC)c2)N3)cc1. The Morgan fingerprint density at radius 1 is 1.00 bits per heavy atom. The number of benzene rings is 3. The maximum absolute atomic E-state index is 13.1. The Labute approximate surface area is 199 Å². The number of phenols is 1. The second kappa shape index (κ2) is 8.61. The molecule has 34 heavy (non-hydrogen) atoms. The Kier molecular flexibility index (Phi) is 5.61. The van der Waals surface area contributed by atoms with Crippen LogP contribution in [0.3, 0.4) is 0 Å².